The smallest absolute Gasteiger partial charge is 0.308 e. The fourth-order valence-electron chi connectivity index (χ4n) is 3.96. The predicted octanol–water partition coefficient (Wildman–Crippen LogP) is 6.28. The second-order valence-corrected chi connectivity index (χ2v) is 8.93. The van der Waals surface area contributed by atoms with Gasteiger partial charge in [0.25, 0.3) is 0 Å². The van der Waals surface area contributed by atoms with E-state index < -0.39 is 0 Å². The minimum atomic E-state index is 0.0129. The van der Waals surface area contributed by atoms with E-state index in [1.807, 2.05) is 84.3 Å². The summed E-state index contributed by atoms with van der Waals surface area (Å²) >= 11 is 6.09. The summed E-state index contributed by atoms with van der Waals surface area (Å²) in [6, 6.07) is 24.0. The largest absolute Gasteiger partial charge is 0.427 e. The van der Waals surface area contributed by atoms with Crippen LogP contribution in [0.2, 0.25) is 5.02 Å². The Morgan fingerprint density at radius 3 is 2.60 bits per heavy atom. The molecule has 0 atom stereocenters. The van der Waals surface area contributed by atoms with Crippen molar-refractivity contribution in [1.29, 1.82) is 0 Å². The average molecular weight is 485 g/mol. The molecule has 6 nitrogen and oxygen atoms in total. The third-order valence-electron chi connectivity index (χ3n) is 5.88. The fourth-order valence-corrected chi connectivity index (χ4v) is 4.09. The van der Waals surface area contributed by atoms with Gasteiger partial charge in [-0.15, -0.1) is 0 Å². The molecule has 0 saturated heterocycles. The van der Waals surface area contributed by atoms with E-state index in [2.05, 4.69) is 10.3 Å². The number of carbonyl (C=O) groups excluding carboxylic acids is 1. The van der Waals surface area contributed by atoms with Crippen LogP contribution in [0.25, 0.3) is 28.3 Å². The quantitative estimate of drug-likeness (QED) is 0.281. The number of nitrogens with one attached hydrogen (secondary N) is 1. The van der Waals surface area contributed by atoms with Crippen molar-refractivity contribution in [3.63, 3.8) is 0 Å². The van der Waals surface area contributed by atoms with E-state index in [4.69, 9.17) is 21.0 Å². The van der Waals surface area contributed by atoms with E-state index in [9.17, 15) is 4.79 Å². The van der Waals surface area contributed by atoms with Crippen LogP contribution in [-0.4, -0.2) is 20.4 Å². The van der Waals surface area contributed by atoms with Crippen molar-refractivity contribution in [3.05, 3.63) is 101 Å². The summed E-state index contributed by atoms with van der Waals surface area (Å²) in [5, 5.41) is 3.65. The number of benzene rings is 3. The second kappa shape index (κ2) is 10.2. The van der Waals surface area contributed by atoms with Crippen LogP contribution < -0.4 is 5.32 Å². The first-order chi connectivity index (χ1) is 17.1. The zero-order valence-corrected chi connectivity index (χ0v) is 20.1. The molecule has 2 heterocycles. The first-order valence-electron chi connectivity index (χ1n) is 11.6. The van der Waals surface area contributed by atoms with Crippen molar-refractivity contribution in [3.8, 4) is 17.3 Å². The van der Waals surface area contributed by atoms with Gasteiger partial charge in [0.2, 0.25) is 5.91 Å². The number of hydrogen-bond donors (Lipinski definition) is 1. The van der Waals surface area contributed by atoms with Gasteiger partial charge < -0.3 is 9.73 Å². The lowest BCUT2D eigenvalue weighted by Crippen LogP contribution is -2.22. The first kappa shape index (κ1) is 22.9. The van der Waals surface area contributed by atoms with Crippen LogP contribution in [-0.2, 0) is 17.8 Å². The summed E-state index contributed by atoms with van der Waals surface area (Å²) in [7, 11) is 0. The van der Waals surface area contributed by atoms with Gasteiger partial charge >= 0.3 is 6.01 Å². The summed E-state index contributed by atoms with van der Waals surface area (Å²) in [5.41, 5.74) is 5.72. The van der Waals surface area contributed by atoms with Crippen LogP contribution >= 0.6 is 11.6 Å². The predicted molar refractivity (Wildman–Crippen MR) is 138 cm³/mol. The Hall–Kier alpha value is -3.90. The third-order valence-corrected chi connectivity index (χ3v) is 6.13. The number of oxazole rings is 1. The molecular formula is C28H25ClN4O2. The number of hydrogen-bond acceptors (Lipinski definition) is 4. The molecule has 5 rings (SSSR count). The second-order valence-electron chi connectivity index (χ2n) is 8.49. The number of fused-ring (bicyclic) bond motifs is 1. The van der Waals surface area contributed by atoms with Gasteiger partial charge in [0.15, 0.2) is 0 Å². The molecule has 0 spiro atoms. The summed E-state index contributed by atoms with van der Waals surface area (Å²) in [5.74, 6) is 0.741. The van der Waals surface area contributed by atoms with Crippen molar-refractivity contribution in [1.82, 2.24) is 19.9 Å². The van der Waals surface area contributed by atoms with Crippen molar-refractivity contribution in [2.75, 3.05) is 0 Å². The monoisotopic (exact) mass is 484 g/mol. The summed E-state index contributed by atoms with van der Waals surface area (Å²) < 4.78 is 8.06. The normalized spacial score (nSPS) is 11.1. The van der Waals surface area contributed by atoms with Crippen molar-refractivity contribution in [2.24, 2.45) is 0 Å². The number of nitrogens with zero attached hydrogens (tertiary/aromatic N) is 3. The van der Waals surface area contributed by atoms with Crippen LogP contribution in [0.4, 0.5) is 0 Å². The molecule has 0 aliphatic heterocycles. The number of aromatic nitrogens is 3. The highest BCUT2D eigenvalue weighted by molar-refractivity contribution is 6.30. The standard InChI is InChI=1S/C28H25ClN4O2/c1-19-9-11-20(12-10-19)17-30-26(34)8-4-7-25-27(21-13-15-22(29)16-14-21)32-28(35-25)33-18-31-23-5-2-3-6-24(23)33/h2-3,5-6,9-16,18H,4,7-8,17H2,1H3,(H,30,34). The van der Waals surface area contributed by atoms with E-state index in [1.165, 1.54) is 5.56 Å². The third kappa shape index (κ3) is 5.28. The van der Waals surface area contributed by atoms with Gasteiger partial charge in [-0.2, -0.15) is 4.98 Å². The molecule has 176 valence electrons. The maximum atomic E-state index is 12.4. The highest BCUT2D eigenvalue weighted by Gasteiger charge is 2.18. The maximum Gasteiger partial charge on any atom is 0.308 e. The molecule has 3 aromatic carbocycles. The average Bonchev–Trinajstić information content (AvgIpc) is 3.48. The highest BCUT2D eigenvalue weighted by Crippen LogP contribution is 2.29. The maximum absolute atomic E-state index is 12.4. The lowest BCUT2D eigenvalue weighted by molar-refractivity contribution is -0.121. The van der Waals surface area contributed by atoms with Gasteiger partial charge in [0.1, 0.15) is 17.8 Å². The molecule has 0 bridgehead atoms. The number of imidazole rings is 1. The molecule has 1 amide bonds. The number of halogens is 1. The van der Waals surface area contributed by atoms with E-state index in [-0.39, 0.29) is 5.91 Å². The Morgan fingerprint density at radius 1 is 1.03 bits per heavy atom. The molecule has 0 unspecified atom stereocenters. The SMILES string of the molecule is Cc1ccc(CNC(=O)CCCc2oc(-n3cnc4ccccc43)nc2-c2ccc(Cl)cc2)cc1. The van der Waals surface area contributed by atoms with Crippen molar-refractivity contribution in [2.45, 2.75) is 32.7 Å². The minimum Gasteiger partial charge on any atom is -0.427 e. The summed E-state index contributed by atoms with van der Waals surface area (Å²) in [6.45, 7) is 2.57. The number of aryl methyl sites for hydroxylation is 2. The van der Waals surface area contributed by atoms with Gasteiger partial charge in [-0.05, 0) is 43.2 Å². The number of carbonyl (C=O) groups is 1. The van der Waals surface area contributed by atoms with Gasteiger partial charge in [-0.3, -0.25) is 9.36 Å². The van der Waals surface area contributed by atoms with E-state index in [0.29, 0.717) is 36.8 Å². The van der Waals surface area contributed by atoms with Crippen LogP contribution in [0, 0.1) is 6.92 Å². The molecule has 5 aromatic rings. The van der Waals surface area contributed by atoms with Gasteiger partial charge in [-0.1, -0.05) is 65.7 Å². The lowest BCUT2D eigenvalue weighted by atomic mass is 10.1. The Kier molecular flexibility index (Phi) is 6.64. The van der Waals surface area contributed by atoms with Crippen LogP contribution in [0.1, 0.15) is 29.7 Å². The zero-order chi connectivity index (χ0) is 24.2. The molecule has 0 aliphatic rings. The topological polar surface area (TPSA) is 73.0 Å². The van der Waals surface area contributed by atoms with Crippen LogP contribution in [0.15, 0.2) is 83.5 Å². The molecule has 0 aliphatic carbocycles. The zero-order valence-electron chi connectivity index (χ0n) is 19.4. The molecule has 0 radical (unpaired) electrons. The molecule has 35 heavy (non-hydrogen) atoms. The Labute approximate surface area is 208 Å². The Bertz CT molecular complexity index is 1450. The van der Waals surface area contributed by atoms with Crippen LogP contribution in [0.3, 0.4) is 0 Å². The Morgan fingerprint density at radius 2 is 1.80 bits per heavy atom. The first-order valence-corrected chi connectivity index (χ1v) is 11.9. The van der Waals surface area contributed by atoms with Gasteiger partial charge in [0, 0.05) is 30.0 Å². The Balaban J connectivity index is 1.32. The van der Waals surface area contributed by atoms with E-state index in [1.54, 1.807) is 6.33 Å². The summed E-state index contributed by atoms with van der Waals surface area (Å²) in [6.07, 6.45) is 3.33. The fraction of sp³-hybridized carbons (Fsp3) is 0.179. The van der Waals surface area contributed by atoms with E-state index >= 15 is 0 Å². The van der Waals surface area contributed by atoms with Crippen molar-refractivity contribution < 1.29 is 9.21 Å². The number of amides is 1. The molecule has 1 N–H and O–H groups in total. The van der Waals surface area contributed by atoms with Crippen molar-refractivity contribution >= 4 is 28.5 Å². The molecule has 2 aromatic heterocycles. The molecule has 0 fully saturated rings. The minimum absolute atomic E-state index is 0.0129. The number of para-hydroxylation sites is 2. The van der Waals surface area contributed by atoms with Crippen LogP contribution in [0.5, 0.6) is 0 Å². The molecular weight excluding hydrogens is 460 g/mol. The van der Waals surface area contributed by atoms with Gasteiger partial charge in [0.05, 0.1) is 11.0 Å². The van der Waals surface area contributed by atoms with E-state index in [0.717, 1.165) is 33.6 Å². The highest BCUT2D eigenvalue weighted by atomic mass is 35.5. The lowest BCUT2D eigenvalue weighted by Gasteiger charge is -2.06. The summed E-state index contributed by atoms with van der Waals surface area (Å²) in [4.78, 5) is 21.7. The molecule has 0 saturated carbocycles. The number of rotatable bonds is 8. The molecule has 7 heteroatoms. The van der Waals surface area contributed by atoms with Gasteiger partial charge in [-0.25, -0.2) is 4.98 Å².